The quantitative estimate of drug-likeness (QED) is 0.662. The van der Waals surface area contributed by atoms with E-state index in [1.807, 2.05) is 6.92 Å². The molecule has 0 N–H and O–H groups in total. The minimum absolute atomic E-state index is 0.0115. The Labute approximate surface area is 79.6 Å². The second-order valence-electron chi connectivity index (χ2n) is 4.23. The highest BCUT2D eigenvalue weighted by Gasteiger charge is 2.18. The Bertz CT molecular complexity index is 300. The predicted octanol–water partition coefficient (Wildman–Crippen LogP) is 2.04. The Hall–Kier alpha value is -0.990. The van der Waals surface area contributed by atoms with Crippen molar-refractivity contribution < 1.29 is 0 Å². The fraction of sp³-hybridized carbons (Fsp3) is 0.700. The van der Waals surface area contributed by atoms with Gasteiger partial charge in [-0.05, 0) is 6.92 Å². The van der Waals surface area contributed by atoms with Crippen molar-refractivity contribution in [2.24, 2.45) is 0 Å². The van der Waals surface area contributed by atoms with Crippen LogP contribution in [0.5, 0.6) is 0 Å². The molecule has 0 saturated heterocycles. The van der Waals surface area contributed by atoms with E-state index in [-0.39, 0.29) is 5.41 Å². The van der Waals surface area contributed by atoms with Crippen molar-refractivity contribution in [3.63, 3.8) is 0 Å². The average Bonchev–Trinajstić information content (AvgIpc) is 2.01. The minimum Gasteiger partial charge on any atom is -0.218 e. The number of nitrogens with zero attached hydrogens (tertiary/aromatic N) is 3. The maximum Gasteiger partial charge on any atom is 0.137 e. The molecule has 1 aromatic heterocycles. The van der Waals surface area contributed by atoms with Crippen LogP contribution in [0.1, 0.15) is 45.2 Å². The predicted molar refractivity (Wildman–Crippen MR) is 52.6 cm³/mol. The Morgan fingerprint density at radius 1 is 1.08 bits per heavy atom. The molecule has 0 bridgehead atoms. The van der Waals surface area contributed by atoms with Gasteiger partial charge in [-0.15, -0.1) is 0 Å². The van der Waals surface area contributed by atoms with Crippen molar-refractivity contribution in [3.05, 3.63) is 17.5 Å². The van der Waals surface area contributed by atoms with E-state index in [0.29, 0.717) is 0 Å². The van der Waals surface area contributed by atoms with Crippen molar-refractivity contribution in [2.75, 3.05) is 0 Å². The highest BCUT2D eigenvalue weighted by Crippen LogP contribution is 2.17. The summed E-state index contributed by atoms with van der Waals surface area (Å²) >= 11 is 0. The zero-order valence-electron chi connectivity index (χ0n) is 9.05. The lowest BCUT2D eigenvalue weighted by molar-refractivity contribution is 0.532. The molecule has 0 aliphatic heterocycles. The smallest absolute Gasteiger partial charge is 0.137 e. The Kier molecular flexibility index (Phi) is 2.64. The van der Waals surface area contributed by atoms with E-state index in [1.165, 1.54) is 0 Å². The molecule has 0 amide bonds. The van der Waals surface area contributed by atoms with Gasteiger partial charge in [-0.3, -0.25) is 0 Å². The molecule has 72 valence electrons. The van der Waals surface area contributed by atoms with E-state index < -0.39 is 0 Å². The molecule has 0 radical (unpaired) electrons. The first-order valence-electron chi connectivity index (χ1n) is 4.65. The lowest BCUT2D eigenvalue weighted by Gasteiger charge is -2.16. The van der Waals surface area contributed by atoms with Crippen LogP contribution in [-0.4, -0.2) is 15.0 Å². The van der Waals surface area contributed by atoms with Crippen LogP contribution >= 0.6 is 0 Å². The maximum absolute atomic E-state index is 4.40. The molecule has 0 aliphatic rings. The number of hydrogen-bond acceptors (Lipinski definition) is 3. The van der Waals surface area contributed by atoms with E-state index in [9.17, 15) is 0 Å². The summed E-state index contributed by atoms with van der Waals surface area (Å²) in [5.41, 5.74) is 0.0115. The number of hydrogen-bond donors (Lipinski definition) is 0. The second-order valence-corrected chi connectivity index (χ2v) is 4.23. The first-order chi connectivity index (χ1) is 5.93. The van der Waals surface area contributed by atoms with Gasteiger partial charge in [0.25, 0.3) is 0 Å². The highest BCUT2D eigenvalue weighted by atomic mass is 15.0. The summed E-state index contributed by atoms with van der Waals surface area (Å²) in [6.07, 6.45) is 0.867. The Morgan fingerprint density at radius 2 is 1.69 bits per heavy atom. The van der Waals surface area contributed by atoms with Crippen molar-refractivity contribution in [1.82, 2.24) is 15.0 Å². The highest BCUT2D eigenvalue weighted by molar-refractivity contribution is 5.05. The molecule has 0 aromatic carbocycles. The van der Waals surface area contributed by atoms with E-state index in [2.05, 4.69) is 42.6 Å². The molecule has 3 heteroatoms. The number of aryl methyl sites for hydroxylation is 2. The van der Waals surface area contributed by atoms with Gasteiger partial charge >= 0.3 is 0 Å². The molecule has 1 aromatic rings. The Balaban J connectivity index is 3.16. The fourth-order valence-corrected chi connectivity index (χ4v) is 1.03. The summed E-state index contributed by atoms with van der Waals surface area (Å²) in [6, 6.07) is 0. The molecule has 0 spiro atoms. The molecule has 3 nitrogen and oxygen atoms in total. The molecule has 0 aliphatic carbocycles. The van der Waals surface area contributed by atoms with Gasteiger partial charge in [0.05, 0.1) is 0 Å². The summed E-state index contributed by atoms with van der Waals surface area (Å²) in [5, 5.41) is 0. The third kappa shape index (κ3) is 2.47. The first kappa shape index (κ1) is 10.1. The van der Waals surface area contributed by atoms with Crippen molar-refractivity contribution in [2.45, 2.75) is 46.5 Å². The maximum atomic E-state index is 4.40. The van der Waals surface area contributed by atoms with Gasteiger partial charge in [0.2, 0.25) is 0 Å². The first-order valence-corrected chi connectivity index (χ1v) is 4.65. The molecule has 1 rings (SSSR count). The van der Waals surface area contributed by atoms with Crippen LogP contribution in [0.25, 0.3) is 0 Å². The number of aromatic nitrogens is 3. The summed E-state index contributed by atoms with van der Waals surface area (Å²) in [6.45, 7) is 10.3. The van der Waals surface area contributed by atoms with Gasteiger partial charge in [-0.25, -0.2) is 15.0 Å². The molecular formula is C10H17N3. The molecule has 1 heterocycles. The van der Waals surface area contributed by atoms with Crippen molar-refractivity contribution in [1.29, 1.82) is 0 Å². The second kappa shape index (κ2) is 3.40. The third-order valence-corrected chi connectivity index (χ3v) is 1.78. The lowest BCUT2D eigenvalue weighted by Crippen LogP contribution is -2.18. The van der Waals surface area contributed by atoms with Gasteiger partial charge in [-0.1, -0.05) is 27.7 Å². The number of rotatable bonds is 1. The van der Waals surface area contributed by atoms with Gasteiger partial charge in [0, 0.05) is 11.8 Å². The van der Waals surface area contributed by atoms with Gasteiger partial charge in [0.1, 0.15) is 17.5 Å². The molecule has 0 unspecified atom stereocenters. The zero-order valence-corrected chi connectivity index (χ0v) is 9.05. The zero-order chi connectivity index (χ0) is 10.1. The van der Waals surface area contributed by atoms with Gasteiger partial charge in [0.15, 0.2) is 0 Å². The third-order valence-electron chi connectivity index (χ3n) is 1.78. The van der Waals surface area contributed by atoms with Crippen LogP contribution in [-0.2, 0) is 11.8 Å². The minimum atomic E-state index is 0.0115. The summed E-state index contributed by atoms with van der Waals surface area (Å²) in [5.74, 6) is 2.59. The summed E-state index contributed by atoms with van der Waals surface area (Å²) < 4.78 is 0. The van der Waals surface area contributed by atoms with Crippen molar-refractivity contribution in [3.8, 4) is 0 Å². The molecule has 0 atom stereocenters. The molecule has 0 saturated carbocycles. The topological polar surface area (TPSA) is 38.7 Å². The largest absolute Gasteiger partial charge is 0.218 e. The summed E-state index contributed by atoms with van der Waals surface area (Å²) in [7, 11) is 0. The molecular weight excluding hydrogens is 162 g/mol. The Morgan fingerprint density at radius 3 is 2.15 bits per heavy atom. The fourth-order valence-electron chi connectivity index (χ4n) is 1.03. The van der Waals surface area contributed by atoms with Gasteiger partial charge < -0.3 is 0 Å². The molecule has 0 fully saturated rings. The van der Waals surface area contributed by atoms with E-state index >= 15 is 0 Å². The molecule has 13 heavy (non-hydrogen) atoms. The van der Waals surface area contributed by atoms with Crippen LogP contribution in [0.3, 0.4) is 0 Å². The van der Waals surface area contributed by atoms with Crippen LogP contribution < -0.4 is 0 Å². The summed E-state index contributed by atoms with van der Waals surface area (Å²) in [4.78, 5) is 13.0. The van der Waals surface area contributed by atoms with Gasteiger partial charge in [-0.2, -0.15) is 0 Å². The SMILES string of the molecule is CCc1nc(C)nc(C(C)(C)C)n1. The van der Waals surface area contributed by atoms with Crippen LogP contribution in [0, 0.1) is 6.92 Å². The van der Waals surface area contributed by atoms with E-state index in [1.54, 1.807) is 0 Å². The van der Waals surface area contributed by atoms with Crippen LogP contribution in [0.15, 0.2) is 0 Å². The average molecular weight is 179 g/mol. The monoisotopic (exact) mass is 179 g/mol. The van der Waals surface area contributed by atoms with Crippen molar-refractivity contribution >= 4 is 0 Å². The van der Waals surface area contributed by atoms with E-state index in [4.69, 9.17) is 0 Å². The standard InChI is InChI=1S/C10H17N3/c1-6-8-11-7(2)12-9(13-8)10(3,4)5/h6H2,1-5H3. The van der Waals surface area contributed by atoms with Crippen LogP contribution in [0.4, 0.5) is 0 Å². The van der Waals surface area contributed by atoms with E-state index in [0.717, 1.165) is 23.9 Å². The van der Waals surface area contributed by atoms with Crippen LogP contribution in [0.2, 0.25) is 0 Å². The normalized spacial score (nSPS) is 11.8. The lowest BCUT2D eigenvalue weighted by atomic mass is 9.96.